The topological polar surface area (TPSA) is 12.0 Å². The molecule has 0 aromatic carbocycles. The number of nitrogens with one attached hydrogen (secondary N) is 1. The van der Waals surface area contributed by atoms with Crippen LogP contribution in [0.25, 0.3) is 0 Å². The molecule has 10 heavy (non-hydrogen) atoms. The summed E-state index contributed by atoms with van der Waals surface area (Å²) in [6, 6.07) is 0. The van der Waals surface area contributed by atoms with Gasteiger partial charge < -0.3 is 5.32 Å². The maximum atomic E-state index is 3.41. The third-order valence-electron chi connectivity index (χ3n) is 0.902. The van der Waals surface area contributed by atoms with Gasteiger partial charge in [-0.3, -0.25) is 0 Å². The molecule has 0 radical (unpaired) electrons. The van der Waals surface area contributed by atoms with E-state index in [0.717, 1.165) is 4.48 Å². The van der Waals surface area contributed by atoms with E-state index >= 15 is 0 Å². The van der Waals surface area contributed by atoms with Gasteiger partial charge in [0.25, 0.3) is 0 Å². The minimum atomic E-state index is 0.593. The van der Waals surface area contributed by atoms with Gasteiger partial charge in [-0.15, -0.1) is 0 Å². The standard InChI is InChI=1S/C8H14BrN/c1-7(2)6-8(9)4-5-10-3/h4-7,10H,1-3H3/b5-4+,8-6+. The van der Waals surface area contributed by atoms with Crippen molar-refractivity contribution in [3.8, 4) is 0 Å². The first-order chi connectivity index (χ1) is 4.66. The summed E-state index contributed by atoms with van der Waals surface area (Å²) in [6.07, 6.45) is 6.02. The van der Waals surface area contributed by atoms with Crippen molar-refractivity contribution < 1.29 is 0 Å². The molecule has 58 valence electrons. The molecule has 0 fully saturated rings. The molecule has 0 aliphatic carbocycles. The monoisotopic (exact) mass is 203 g/mol. The summed E-state index contributed by atoms with van der Waals surface area (Å²) in [4.78, 5) is 0. The van der Waals surface area contributed by atoms with Crippen molar-refractivity contribution >= 4 is 15.9 Å². The molecule has 0 amide bonds. The van der Waals surface area contributed by atoms with Gasteiger partial charge in [-0.2, -0.15) is 0 Å². The van der Waals surface area contributed by atoms with Gasteiger partial charge in [0.1, 0.15) is 0 Å². The number of rotatable bonds is 3. The molecule has 0 atom stereocenters. The molecule has 1 nitrogen and oxygen atoms in total. The number of hydrogen-bond donors (Lipinski definition) is 1. The first-order valence-electron chi connectivity index (χ1n) is 3.38. The van der Waals surface area contributed by atoms with Crippen LogP contribution in [0, 0.1) is 5.92 Å². The third kappa shape index (κ3) is 5.89. The Morgan fingerprint density at radius 1 is 1.50 bits per heavy atom. The fraction of sp³-hybridized carbons (Fsp3) is 0.500. The predicted octanol–water partition coefficient (Wildman–Crippen LogP) is 2.65. The van der Waals surface area contributed by atoms with Crippen molar-refractivity contribution in [1.29, 1.82) is 0 Å². The van der Waals surface area contributed by atoms with Gasteiger partial charge in [0.15, 0.2) is 0 Å². The zero-order valence-corrected chi connectivity index (χ0v) is 8.27. The van der Waals surface area contributed by atoms with Crippen molar-refractivity contribution in [2.24, 2.45) is 5.92 Å². The molecule has 0 aromatic rings. The molecule has 0 heterocycles. The lowest BCUT2D eigenvalue weighted by Crippen LogP contribution is -1.90. The van der Waals surface area contributed by atoms with Crippen LogP contribution in [0.5, 0.6) is 0 Å². The van der Waals surface area contributed by atoms with E-state index in [1.165, 1.54) is 0 Å². The van der Waals surface area contributed by atoms with Gasteiger partial charge in [-0.25, -0.2) is 0 Å². The molecule has 0 rings (SSSR count). The summed E-state index contributed by atoms with van der Waals surface area (Å²) < 4.78 is 1.12. The Labute approximate surface area is 71.3 Å². The fourth-order valence-corrected chi connectivity index (χ4v) is 1.20. The highest BCUT2D eigenvalue weighted by Gasteiger charge is 1.87. The van der Waals surface area contributed by atoms with Crippen LogP contribution >= 0.6 is 15.9 Å². The summed E-state index contributed by atoms with van der Waals surface area (Å²) >= 11 is 3.41. The Morgan fingerprint density at radius 3 is 2.50 bits per heavy atom. The molecule has 1 N–H and O–H groups in total. The van der Waals surface area contributed by atoms with Crippen molar-refractivity contribution in [3.63, 3.8) is 0 Å². The highest BCUT2D eigenvalue weighted by Crippen LogP contribution is 2.09. The van der Waals surface area contributed by atoms with Crippen LogP contribution in [0.4, 0.5) is 0 Å². The van der Waals surface area contributed by atoms with E-state index in [4.69, 9.17) is 0 Å². The molecule has 2 heteroatoms. The summed E-state index contributed by atoms with van der Waals surface area (Å²) in [6.45, 7) is 4.29. The maximum Gasteiger partial charge on any atom is 0.0152 e. The Balaban J connectivity index is 3.82. The second kappa shape index (κ2) is 5.54. The van der Waals surface area contributed by atoms with Gasteiger partial charge in [0, 0.05) is 11.5 Å². The average molecular weight is 204 g/mol. The van der Waals surface area contributed by atoms with Gasteiger partial charge in [0.05, 0.1) is 0 Å². The molecule has 0 aromatic heterocycles. The second-order valence-corrected chi connectivity index (χ2v) is 3.33. The van der Waals surface area contributed by atoms with Gasteiger partial charge >= 0.3 is 0 Å². The zero-order chi connectivity index (χ0) is 7.98. The Hall–Kier alpha value is -0.240. The summed E-state index contributed by atoms with van der Waals surface area (Å²) in [7, 11) is 1.88. The van der Waals surface area contributed by atoms with Crippen LogP contribution in [0.2, 0.25) is 0 Å². The largest absolute Gasteiger partial charge is 0.394 e. The number of halogens is 1. The van der Waals surface area contributed by atoms with Gasteiger partial charge in [-0.05, 0) is 18.2 Å². The summed E-state index contributed by atoms with van der Waals surface area (Å²) in [5, 5.41) is 2.92. The van der Waals surface area contributed by atoms with Crippen LogP contribution in [-0.4, -0.2) is 7.05 Å². The van der Waals surface area contributed by atoms with Crippen LogP contribution < -0.4 is 5.32 Å². The lowest BCUT2D eigenvalue weighted by molar-refractivity contribution is 0.830. The van der Waals surface area contributed by atoms with Crippen LogP contribution in [0.1, 0.15) is 13.8 Å². The van der Waals surface area contributed by atoms with E-state index in [2.05, 4.69) is 41.2 Å². The first-order valence-corrected chi connectivity index (χ1v) is 4.17. The molecule has 0 aliphatic heterocycles. The van der Waals surface area contributed by atoms with Crippen LogP contribution in [-0.2, 0) is 0 Å². The highest BCUT2D eigenvalue weighted by atomic mass is 79.9. The summed E-state index contributed by atoms with van der Waals surface area (Å²) in [5.74, 6) is 0.593. The third-order valence-corrected chi connectivity index (χ3v) is 1.43. The molecule has 0 bridgehead atoms. The van der Waals surface area contributed by atoms with Crippen LogP contribution in [0.15, 0.2) is 22.8 Å². The van der Waals surface area contributed by atoms with E-state index in [-0.39, 0.29) is 0 Å². The molecular formula is C8H14BrN. The first kappa shape index (κ1) is 9.76. The minimum Gasteiger partial charge on any atom is -0.394 e. The van der Waals surface area contributed by atoms with E-state index in [1.54, 1.807) is 0 Å². The molecule has 0 aliphatic rings. The maximum absolute atomic E-state index is 3.41. The Kier molecular flexibility index (Phi) is 5.40. The predicted molar refractivity (Wildman–Crippen MR) is 50.0 cm³/mol. The van der Waals surface area contributed by atoms with E-state index < -0.39 is 0 Å². The quantitative estimate of drug-likeness (QED) is 0.697. The number of hydrogen-bond acceptors (Lipinski definition) is 1. The summed E-state index contributed by atoms with van der Waals surface area (Å²) in [5.41, 5.74) is 0. The van der Waals surface area contributed by atoms with Gasteiger partial charge in [-0.1, -0.05) is 35.9 Å². The smallest absolute Gasteiger partial charge is 0.0152 e. The average Bonchev–Trinajstić information content (AvgIpc) is 1.82. The number of allylic oxidation sites excluding steroid dienone is 3. The minimum absolute atomic E-state index is 0.593. The Bertz CT molecular complexity index is 136. The lowest BCUT2D eigenvalue weighted by atomic mass is 10.2. The van der Waals surface area contributed by atoms with Crippen molar-refractivity contribution in [1.82, 2.24) is 5.32 Å². The van der Waals surface area contributed by atoms with Crippen molar-refractivity contribution in [2.45, 2.75) is 13.8 Å². The fourth-order valence-electron chi connectivity index (χ4n) is 0.537. The molecule has 0 spiro atoms. The second-order valence-electron chi connectivity index (χ2n) is 2.42. The lowest BCUT2D eigenvalue weighted by Gasteiger charge is -1.94. The van der Waals surface area contributed by atoms with Crippen molar-refractivity contribution in [2.75, 3.05) is 7.05 Å². The van der Waals surface area contributed by atoms with E-state index in [9.17, 15) is 0 Å². The van der Waals surface area contributed by atoms with E-state index in [0.29, 0.717) is 5.92 Å². The Morgan fingerprint density at radius 2 is 2.10 bits per heavy atom. The highest BCUT2D eigenvalue weighted by molar-refractivity contribution is 9.11. The molecule has 0 saturated heterocycles. The van der Waals surface area contributed by atoms with Crippen molar-refractivity contribution in [3.05, 3.63) is 22.8 Å². The van der Waals surface area contributed by atoms with Gasteiger partial charge in [0.2, 0.25) is 0 Å². The van der Waals surface area contributed by atoms with Crippen LogP contribution in [0.3, 0.4) is 0 Å². The van der Waals surface area contributed by atoms with E-state index in [1.807, 2.05) is 19.3 Å². The zero-order valence-electron chi connectivity index (χ0n) is 6.69. The SMILES string of the molecule is CN/C=C/C(Br)=C\C(C)C. The normalized spacial score (nSPS) is 13.1. The molecular weight excluding hydrogens is 190 g/mol. The molecule has 0 saturated carbocycles. The molecule has 0 unspecified atom stereocenters.